The van der Waals surface area contributed by atoms with Crippen LogP contribution in [0.2, 0.25) is 0 Å². The van der Waals surface area contributed by atoms with Crippen LogP contribution in [0.3, 0.4) is 0 Å². The number of carbonyl (C=O) groups is 2. The molecule has 0 saturated heterocycles. The maximum Gasteiger partial charge on any atom is 0.186 e. The van der Waals surface area contributed by atoms with Crippen molar-refractivity contribution in [1.82, 2.24) is 0 Å². The number of para-hydroxylation sites is 4. The average molecular weight is 1490 g/mol. The molecule has 0 fully saturated rings. The molecule has 8 nitrogen and oxygen atoms in total. The Morgan fingerprint density at radius 3 is 1.29 bits per heavy atom. The highest BCUT2D eigenvalue weighted by atomic mass is 32.2. The van der Waals surface area contributed by atoms with Gasteiger partial charge in [-0.25, -0.2) is 0 Å². The lowest BCUT2D eigenvalue weighted by Crippen LogP contribution is -2.37. The second-order valence-electron chi connectivity index (χ2n) is 27.7. The first-order chi connectivity index (χ1) is 55.2. The summed E-state index contributed by atoms with van der Waals surface area (Å²) in [5.41, 5.74) is 17.4. The van der Waals surface area contributed by atoms with Gasteiger partial charge >= 0.3 is 0 Å². The van der Waals surface area contributed by atoms with Gasteiger partial charge < -0.3 is 28.4 Å². The maximum atomic E-state index is 12.7. The Morgan fingerprint density at radius 1 is 0.295 bits per heavy atom. The molecule has 14 aromatic carbocycles. The van der Waals surface area contributed by atoms with Crippen molar-refractivity contribution in [3.63, 3.8) is 0 Å². The number of hydrogen-bond acceptors (Lipinski definition) is 10. The van der Waals surface area contributed by atoms with E-state index >= 15 is 0 Å². The minimum atomic E-state index is -0.680. The molecule has 22 rings (SSSR count). The highest BCUT2D eigenvalue weighted by Gasteiger charge is 2.46. The van der Waals surface area contributed by atoms with Crippen molar-refractivity contribution in [2.75, 3.05) is 14.2 Å². The largest absolute Gasteiger partial charge is 0.497 e. The van der Waals surface area contributed by atoms with Gasteiger partial charge in [-0.2, -0.15) is 0 Å². The van der Waals surface area contributed by atoms with Crippen LogP contribution in [0.4, 0.5) is 0 Å². The average Bonchev–Trinajstić information content (AvgIpc) is 0.721. The number of carbonyl (C=O) groups excluding carboxylic acids is 2. The van der Waals surface area contributed by atoms with Crippen LogP contribution in [0, 0.1) is 0 Å². The molecule has 112 heavy (non-hydrogen) atoms. The predicted octanol–water partition coefficient (Wildman–Crippen LogP) is 25.1. The van der Waals surface area contributed by atoms with Gasteiger partial charge in [-0.1, -0.05) is 254 Å². The highest BCUT2D eigenvalue weighted by Crippen LogP contribution is 2.56. The van der Waals surface area contributed by atoms with Crippen molar-refractivity contribution in [3.8, 4) is 46.0 Å². The van der Waals surface area contributed by atoms with E-state index in [0.29, 0.717) is 11.1 Å². The Balaban J connectivity index is 0.000000101. The third kappa shape index (κ3) is 12.4. The van der Waals surface area contributed by atoms with Crippen molar-refractivity contribution in [1.29, 1.82) is 0 Å². The van der Waals surface area contributed by atoms with Crippen LogP contribution < -0.4 is 28.4 Å². The second kappa shape index (κ2) is 29.1. The van der Waals surface area contributed by atoms with Gasteiger partial charge in [-0.15, -0.1) is 0 Å². The molecule has 6 aliphatic heterocycles. The molecule has 0 aromatic heterocycles. The van der Waals surface area contributed by atoms with Gasteiger partial charge in [-0.05, 0) is 212 Å². The smallest absolute Gasteiger partial charge is 0.186 e. The van der Waals surface area contributed by atoms with Crippen molar-refractivity contribution < 1.29 is 38.0 Å². The van der Waals surface area contributed by atoms with E-state index in [1.54, 1.807) is 38.1 Å². The van der Waals surface area contributed by atoms with Crippen LogP contribution in [0.1, 0.15) is 77.9 Å². The summed E-state index contributed by atoms with van der Waals surface area (Å²) >= 11 is 3.60. The third-order valence-corrected chi connectivity index (χ3v) is 23.7. The standard InChI is InChI=1S/2C26H18O2S.2C25H16O2/c1-27-18-11-12-19-17(16-18)10-13-23-20(19)14-15-26(28-23)21-6-2-4-8-24(21)29-25-9-5-3-7-22(25)26;1-28-18-11-12-19-17(16-18)10-15-24(27)21(19)14-13-20-22-6-2-4-8-25(22)29-26-9-5-3-7-23(20)26;1-2-8-18-17(7-1)13-14-22-19(18)15-16-25(27-22)20-9-3-5-11-23(20)26-24-12-6-4-10-21(24)25;26-23-16-13-17-7-1-2-8-18(17)20(23)15-14-19-21-9-3-5-11-24(21)27-25-12-6-4-10-22(19)25/h2*2-16H,1H3;2*1-16H. The third-order valence-electron chi connectivity index (χ3n) is 21.4. The second-order valence-corrected chi connectivity index (χ2v) is 29.9. The van der Waals surface area contributed by atoms with Gasteiger partial charge in [0.25, 0.3) is 0 Å². The number of fused-ring (bicyclic) bond motifs is 20. The van der Waals surface area contributed by atoms with Crippen LogP contribution in [0.5, 0.6) is 46.0 Å². The Bertz CT molecular complexity index is 6310. The summed E-state index contributed by atoms with van der Waals surface area (Å²) in [5.74, 6) is 6.83. The van der Waals surface area contributed by atoms with E-state index in [4.69, 9.17) is 28.4 Å². The Hall–Kier alpha value is -13.6. The first-order valence-electron chi connectivity index (χ1n) is 37.1. The van der Waals surface area contributed by atoms with Crippen molar-refractivity contribution in [2.24, 2.45) is 0 Å². The van der Waals surface area contributed by atoms with E-state index in [1.807, 2.05) is 176 Å². The van der Waals surface area contributed by atoms with Gasteiger partial charge in [0.1, 0.15) is 46.0 Å². The van der Waals surface area contributed by atoms with E-state index in [-0.39, 0.29) is 11.6 Å². The molecule has 0 saturated carbocycles. The van der Waals surface area contributed by atoms with Crippen molar-refractivity contribution in [3.05, 3.63) is 430 Å². The first-order valence-corrected chi connectivity index (χ1v) is 38.8. The van der Waals surface area contributed by atoms with Crippen LogP contribution >= 0.6 is 23.5 Å². The lowest BCUT2D eigenvalue weighted by molar-refractivity contribution is -0.110. The fraction of sp³-hybridized carbons (Fsp3) is 0.0392. The van der Waals surface area contributed by atoms with E-state index in [1.165, 1.54) is 58.0 Å². The molecule has 8 aliphatic rings. The van der Waals surface area contributed by atoms with E-state index in [2.05, 4.69) is 200 Å². The fourth-order valence-corrected chi connectivity index (χ4v) is 18.3. The number of ether oxygens (including phenoxy) is 6. The zero-order chi connectivity index (χ0) is 75.3. The molecule has 0 unspecified atom stereocenters. The zero-order valence-electron chi connectivity index (χ0n) is 60.9. The molecule has 0 atom stereocenters. The number of rotatable bonds is 4. The molecule has 536 valence electrons. The summed E-state index contributed by atoms with van der Waals surface area (Å²) in [5, 5.41) is 4.73. The quantitative estimate of drug-likeness (QED) is 0.159. The topological polar surface area (TPSA) is 89.5 Å². The Labute approximate surface area is 657 Å². The van der Waals surface area contributed by atoms with Crippen molar-refractivity contribution in [2.45, 2.75) is 30.8 Å². The Morgan fingerprint density at radius 2 is 0.696 bits per heavy atom. The monoisotopic (exact) mass is 1480 g/mol. The molecule has 0 bridgehead atoms. The van der Waals surface area contributed by atoms with Gasteiger partial charge in [0.15, 0.2) is 22.8 Å². The first kappa shape index (κ1) is 68.9. The number of hydrogen-bond donors (Lipinski definition) is 0. The molecule has 0 radical (unpaired) electrons. The lowest BCUT2D eigenvalue weighted by Gasteiger charge is -2.40. The molecule has 6 heterocycles. The maximum absolute atomic E-state index is 12.7. The summed E-state index contributed by atoms with van der Waals surface area (Å²) in [6.07, 6.45) is 23.8. The highest BCUT2D eigenvalue weighted by molar-refractivity contribution is 7.99. The number of benzene rings is 14. The molecule has 14 aromatic rings. The van der Waals surface area contributed by atoms with Gasteiger partial charge in [-0.3, -0.25) is 9.59 Å². The van der Waals surface area contributed by atoms with Gasteiger partial charge in [0.05, 0.1) is 14.2 Å². The van der Waals surface area contributed by atoms with Crippen LogP contribution in [0.25, 0.3) is 68.1 Å². The van der Waals surface area contributed by atoms with Crippen LogP contribution in [-0.2, 0) is 20.8 Å². The minimum absolute atomic E-state index is 0.0197. The van der Waals surface area contributed by atoms with E-state index < -0.39 is 11.2 Å². The summed E-state index contributed by atoms with van der Waals surface area (Å²) in [4.78, 5) is 30.1. The zero-order valence-corrected chi connectivity index (χ0v) is 62.5. The summed E-state index contributed by atoms with van der Waals surface area (Å²) in [6, 6.07) is 103. The normalized spacial score (nSPS) is 15.5. The number of allylic oxidation sites excluding steroid dienone is 8. The Kier molecular flexibility index (Phi) is 17.9. The number of methoxy groups -OCH3 is 2. The summed E-state index contributed by atoms with van der Waals surface area (Å²) in [6.45, 7) is 0. The molecule has 0 amide bonds. The summed E-state index contributed by atoms with van der Waals surface area (Å²) < 4.78 is 36.5. The molecular weight excluding hydrogens is 1420 g/mol. The fourth-order valence-electron chi connectivity index (χ4n) is 16.0. The molecule has 10 heteroatoms. The molecule has 2 aliphatic carbocycles. The van der Waals surface area contributed by atoms with Gasteiger partial charge in [0.2, 0.25) is 0 Å². The van der Waals surface area contributed by atoms with Crippen LogP contribution in [-0.4, -0.2) is 25.8 Å². The number of ketones is 2. The summed E-state index contributed by atoms with van der Waals surface area (Å²) in [7, 11) is 3.35. The lowest BCUT2D eigenvalue weighted by atomic mass is 9.81. The molecule has 2 spiro atoms. The minimum Gasteiger partial charge on any atom is -0.497 e. The van der Waals surface area contributed by atoms with E-state index in [0.717, 1.165) is 118 Å². The van der Waals surface area contributed by atoms with E-state index in [9.17, 15) is 9.59 Å². The van der Waals surface area contributed by atoms with Gasteiger partial charge in [0, 0.05) is 75.2 Å². The molecule has 0 N–H and O–H groups in total. The molecular formula is C102H68O8S2. The van der Waals surface area contributed by atoms with Crippen LogP contribution in [0.15, 0.2) is 372 Å². The SMILES string of the molecule is C1=CC2(Oc3ccc4ccccc4c31)c1ccccc1Oc1ccccc12.COc1ccc2c(c1)C=CC(=O)C2=CC=C1c2ccccc2Sc2ccccc21.COc1ccc2c3c(ccc2c1)OC1(C=C3)c2ccccc2Sc2ccccc21.O=C1C=Cc2ccccc2C1=CC=C1c2ccccc2Oc2ccccc21. The van der Waals surface area contributed by atoms with Crippen molar-refractivity contribution >= 4 is 103 Å². The predicted molar refractivity (Wildman–Crippen MR) is 453 cm³/mol.